The van der Waals surface area contributed by atoms with Gasteiger partial charge in [-0.25, -0.2) is 4.79 Å². The first kappa shape index (κ1) is 18.8. The van der Waals surface area contributed by atoms with Gasteiger partial charge in [-0.2, -0.15) is 0 Å². The Morgan fingerprint density at radius 2 is 1.76 bits per heavy atom. The van der Waals surface area contributed by atoms with Crippen molar-refractivity contribution < 1.29 is 9.53 Å². The number of ether oxygens (including phenoxy) is 1. The fourth-order valence-electron chi connectivity index (χ4n) is 2.75. The van der Waals surface area contributed by atoms with Crippen molar-refractivity contribution in [1.29, 1.82) is 0 Å². The molecule has 2 amide bonds. The summed E-state index contributed by atoms with van der Waals surface area (Å²) < 4.78 is 5.78. The molecule has 0 aromatic heterocycles. The molecule has 0 saturated heterocycles. The van der Waals surface area contributed by atoms with Crippen LogP contribution in [0.4, 0.5) is 10.5 Å². The van der Waals surface area contributed by atoms with Gasteiger partial charge < -0.3 is 15.4 Å². The van der Waals surface area contributed by atoms with E-state index in [0.717, 1.165) is 34.5 Å². The maximum atomic E-state index is 12.2. The number of hydrogen-bond donors (Lipinski definition) is 2. The molecular weight excluding hydrogens is 312 g/mol. The first-order chi connectivity index (χ1) is 11.9. The number of aryl methyl sites for hydroxylation is 2. The normalized spacial score (nSPS) is 11.7. The topological polar surface area (TPSA) is 50.4 Å². The van der Waals surface area contributed by atoms with E-state index >= 15 is 0 Å². The van der Waals surface area contributed by atoms with E-state index in [-0.39, 0.29) is 12.8 Å². The molecule has 0 heterocycles. The number of nitrogens with one attached hydrogen (secondary N) is 2. The summed E-state index contributed by atoms with van der Waals surface area (Å²) in [5.41, 5.74) is 5.33. The number of carbonyl (C=O) groups excluding carboxylic acids is 1. The van der Waals surface area contributed by atoms with Crippen LogP contribution in [0, 0.1) is 20.8 Å². The quantitative estimate of drug-likeness (QED) is 0.703. The molecule has 2 aromatic rings. The maximum Gasteiger partial charge on any atom is 0.321 e. The first-order valence-electron chi connectivity index (χ1n) is 8.77. The van der Waals surface area contributed by atoms with Crippen molar-refractivity contribution in [2.24, 2.45) is 0 Å². The summed E-state index contributed by atoms with van der Waals surface area (Å²) in [5, 5.41) is 5.69. The van der Waals surface area contributed by atoms with Crippen molar-refractivity contribution >= 4 is 11.7 Å². The third-order valence-electron chi connectivity index (χ3n) is 4.68. The standard InChI is InChI=1S/C21H28N2O2/c1-6-14(2)18-9-7-8-10-19(18)23-21(24)22-13-25-20-16(4)12-11-15(3)17(20)5/h7-12,14H,6,13H2,1-5H3,(H2,22,23,24). The van der Waals surface area contributed by atoms with Gasteiger partial charge in [0.1, 0.15) is 5.75 Å². The van der Waals surface area contributed by atoms with Crippen molar-refractivity contribution in [3.8, 4) is 5.75 Å². The third kappa shape index (κ3) is 4.75. The molecule has 1 atom stereocenters. The second kappa shape index (κ2) is 8.56. The highest BCUT2D eigenvalue weighted by Crippen LogP contribution is 2.27. The van der Waals surface area contributed by atoms with Crippen LogP contribution < -0.4 is 15.4 Å². The molecule has 0 fully saturated rings. The second-order valence-electron chi connectivity index (χ2n) is 6.47. The minimum Gasteiger partial charge on any atom is -0.473 e. The van der Waals surface area contributed by atoms with Crippen molar-refractivity contribution in [1.82, 2.24) is 5.32 Å². The first-order valence-corrected chi connectivity index (χ1v) is 8.77. The molecule has 0 bridgehead atoms. The molecule has 0 radical (unpaired) electrons. The molecule has 0 saturated carbocycles. The Labute approximate surface area is 150 Å². The van der Waals surface area contributed by atoms with Gasteiger partial charge in [0.25, 0.3) is 0 Å². The lowest BCUT2D eigenvalue weighted by molar-refractivity contribution is 0.234. The molecule has 1 unspecified atom stereocenters. The van der Waals surface area contributed by atoms with Crippen LogP contribution in [0.15, 0.2) is 36.4 Å². The van der Waals surface area contributed by atoms with E-state index in [9.17, 15) is 4.79 Å². The van der Waals surface area contributed by atoms with E-state index in [4.69, 9.17) is 4.74 Å². The van der Waals surface area contributed by atoms with E-state index in [1.807, 2.05) is 45.0 Å². The predicted molar refractivity (Wildman–Crippen MR) is 103 cm³/mol. The van der Waals surface area contributed by atoms with Crippen molar-refractivity contribution in [2.45, 2.75) is 47.0 Å². The van der Waals surface area contributed by atoms with Crippen LogP contribution in [-0.2, 0) is 0 Å². The number of urea groups is 1. The summed E-state index contributed by atoms with van der Waals surface area (Å²) in [6, 6.07) is 11.7. The van der Waals surface area contributed by atoms with E-state index in [2.05, 4.69) is 36.6 Å². The fraction of sp³-hybridized carbons (Fsp3) is 0.381. The minimum absolute atomic E-state index is 0.127. The minimum atomic E-state index is -0.265. The molecule has 0 aliphatic carbocycles. The van der Waals surface area contributed by atoms with Gasteiger partial charge in [0, 0.05) is 5.69 Å². The lowest BCUT2D eigenvalue weighted by atomic mass is 9.97. The Hall–Kier alpha value is -2.49. The Morgan fingerprint density at radius 1 is 1.08 bits per heavy atom. The van der Waals surface area contributed by atoms with Gasteiger partial charge in [-0.15, -0.1) is 0 Å². The van der Waals surface area contributed by atoms with Gasteiger partial charge in [0.2, 0.25) is 0 Å². The summed E-state index contributed by atoms with van der Waals surface area (Å²) in [7, 11) is 0. The summed E-state index contributed by atoms with van der Waals surface area (Å²) in [5.74, 6) is 1.23. The molecule has 0 spiro atoms. The number of para-hydroxylation sites is 1. The van der Waals surface area contributed by atoms with Gasteiger partial charge in [0.15, 0.2) is 6.73 Å². The monoisotopic (exact) mass is 340 g/mol. The molecule has 25 heavy (non-hydrogen) atoms. The average Bonchev–Trinajstić information content (AvgIpc) is 2.61. The van der Waals surface area contributed by atoms with Crippen LogP contribution in [0.5, 0.6) is 5.75 Å². The van der Waals surface area contributed by atoms with Crippen molar-refractivity contribution in [3.05, 3.63) is 58.7 Å². The van der Waals surface area contributed by atoms with Crippen LogP contribution in [0.3, 0.4) is 0 Å². The van der Waals surface area contributed by atoms with Crippen molar-refractivity contribution in [2.75, 3.05) is 12.0 Å². The number of rotatable bonds is 6. The summed E-state index contributed by atoms with van der Waals surface area (Å²) >= 11 is 0. The molecule has 0 aliphatic rings. The molecule has 4 heteroatoms. The SMILES string of the molecule is CCC(C)c1ccccc1NC(=O)NCOc1c(C)ccc(C)c1C. The number of hydrogen-bond acceptors (Lipinski definition) is 2. The zero-order valence-electron chi connectivity index (χ0n) is 15.8. The highest BCUT2D eigenvalue weighted by Gasteiger charge is 2.11. The van der Waals surface area contributed by atoms with E-state index < -0.39 is 0 Å². The van der Waals surface area contributed by atoms with Gasteiger partial charge in [-0.3, -0.25) is 0 Å². The van der Waals surface area contributed by atoms with Crippen LogP contribution in [-0.4, -0.2) is 12.8 Å². The summed E-state index contributed by atoms with van der Waals surface area (Å²) in [6.45, 7) is 10.5. The maximum absolute atomic E-state index is 12.2. The van der Waals surface area contributed by atoms with Crippen LogP contribution >= 0.6 is 0 Å². The molecule has 2 N–H and O–H groups in total. The predicted octanol–water partition coefficient (Wildman–Crippen LogP) is 5.28. The average molecular weight is 340 g/mol. The number of amides is 2. The molecule has 134 valence electrons. The Balaban J connectivity index is 1.96. The molecule has 0 aliphatic heterocycles. The number of carbonyl (C=O) groups is 1. The van der Waals surface area contributed by atoms with Crippen LogP contribution in [0.25, 0.3) is 0 Å². The van der Waals surface area contributed by atoms with Gasteiger partial charge in [-0.05, 0) is 61.4 Å². The third-order valence-corrected chi connectivity index (χ3v) is 4.68. The van der Waals surface area contributed by atoms with Crippen LogP contribution in [0.1, 0.15) is 48.4 Å². The second-order valence-corrected chi connectivity index (χ2v) is 6.47. The summed E-state index contributed by atoms with van der Waals surface area (Å²) in [4.78, 5) is 12.2. The number of benzene rings is 2. The number of anilines is 1. The zero-order valence-corrected chi connectivity index (χ0v) is 15.8. The largest absolute Gasteiger partial charge is 0.473 e. The lowest BCUT2D eigenvalue weighted by Crippen LogP contribution is -2.32. The smallest absolute Gasteiger partial charge is 0.321 e. The summed E-state index contributed by atoms with van der Waals surface area (Å²) in [6.07, 6.45) is 1.02. The Morgan fingerprint density at radius 3 is 2.48 bits per heavy atom. The molecule has 4 nitrogen and oxygen atoms in total. The Kier molecular flexibility index (Phi) is 6.45. The highest BCUT2D eigenvalue weighted by molar-refractivity contribution is 5.90. The van der Waals surface area contributed by atoms with Gasteiger partial charge in [-0.1, -0.05) is 44.2 Å². The highest BCUT2D eigenvalue weighted by atomic mass is 16.5. The van der Waals surface area contributed by atoms with Gasteiger partial charge >= 0.3 is 6.03 Å². The fourth-order valence-corrected chi connectivity index (χ4v) is 2.75. The van der Waals surface area contributed by atoms with Crippen molar-refractivity contribution in [3.63, 3.8) is 0 Å². The van der Waals surface area contributed by atoms with Gasteiger partial charge in [0.05, 0.1) is 0 Å². The van der Waals surface area contributed by atoms with E-state index in [1.165, 1.54) is 5.56 Å². The van der Waals surface area contributed by atoms with E-state index in [0.29, 0.717) is 5.92 Å². The molecular formula is C21H28N2O2. The Bertz CT molecular complexity index is 741. The molecule has 2 rings (SSSR count). The van der Waals surface area contributed by atoms with E-state index in [1.54, 1.807) is 0 Å². The van der Waals surface area contributed by atoms with Crippen LogP contribution in [0.2, 0.25) is 0 Å². The lowest BCUT2D eigenvalue weighted by Gasteiger charge is -2.17. The molecule has 2 aromatic carbocycles. The zero-order chi connectivity index (χ0) is 18.4.